The third-order valence-corrected chi connectivity index (χ3v) is 1.97. The lowest BCUT2D eigenvalue weighted by Gasteiger charge is -1.88. The quantitative estimate of drug-likeness (QED) is 0.503. The van der Waals surface area contributed by atoms with Crippen LogP contribution in [0.25, 0.3) is 0 Å². The molecular weight excluding hydrogens is 133 g/mol. The van der Waals surface area contributed by atoms with Crippen LogP contribution in [0.5, 0.6) is 0 Å². The smallest absolute Gasteiger partial charge is 0.248 e. The van der Waals surface area contributed by atoms with Gasteiger partial charge in [0.15, 0.2) is 7.85 Å². The Hall–Kier alpha value is -0.765. The number of carbonyl (C=O) groups is 1. The van der Waals surface area contributed by atoms with E-state index < -0.39 is 0 Å². The number of primary amides is 1. The van der Waals surface area contributed by atoms with Gasteiger partial charge in [-0.3, -0.25) is 4.79 Å². The molecule has 9 heavy (non-hydrogen) atoms. The molecule has 0 unspecified atom stereocenters. The molecule has 0 saturated heterocycles. The number of amides is 1. The molecule has 0 fully saturated rings. The summed E-state index contributed by atoms with van der Waals surface area (Å²) in [6, 6.07) is 1.74. The molecule has 0 atom stereocenters. The summed E-state index contributed by atoms with van der Waals surface area (Å²) in [5, 5.41) is 1.86. The summed E-state index contributed by atoms with van der Waals surface area (Å²) < 4.78 is 0.988. The van der Waals surface area contributed by atoms with Gasteiger partial charge < -0.3 is 5.73 Å². The van der Waals surface area contributed by atoms with Gasteiger partial charge in [-0.1, -0.05) is 0 Å². The zero-order valence-electron chi connectivity index (χ0n) is 5.05. The van der Waals surface area contributed by atoms with Gasteiger partial charge in [0.2, 0.25) is 5.91 Å². The lowest BCUT2D eigenvalue weighted by atomic mass is 10.0. The summed E-state index contributed by atoms with van der Waals surface area (Å²) in [5.74, 6) is -0.339. The first-order valence-electron chi connectivity index (χ1n) is 2.55. The minimum Gasteiger partial charge on any atom is -0.366 e. The molecule has 1 aromatic heterocycles. The molecule has 4 heteroatoms. The summed E-state index contributed by atoms with van der Waals surface area (Å²) in [5.41, 5.74) is 5.67. The minimum atomic E-state index is -0.339. The molecule has 46 valence electrons. The van der Waals surface area contributed by atoms with Crippen molar-refractivity contribution in [2.45, 2.75) is 0 Å². The molecule has 0 spiro atoms. The molecule has 0 aromatic carbocycles. The molecule has 0 saturated carbocycles. The topological polar surface area (TPSA) is 43.1 Å². The first kappa shape index (κ1) is 6.36. The monoisotopic (exact) mass is 139 g/mol. The lowest BCUT2D eigenvalue weighted by molar-refractivity contribution is 0.100. The van der Waals surface area contributed by atoms with Crippen molar-refractivity contribution in [1.82, 2.24) is 0 Å². The van der Waals surface area contributed by atoms with Crippen molar-refractivity contribution < 1.29 is 4.79 Å². The zero-order chi connectivity index (χ0) is 6.85. The lowest BCUT2D eigenvalue weighted by Crippen LogP contribution is -2.17. The van der Waals surface area contributed by atoms with Crippen LogP contribution in [0, 0.1) is 0 Å². The van der Waals surface area contributed by atoms with E-state index in [9.17, 15) is 4.79 Å². The van der Waals surface area contributed by atoms with Crippen LogP contribution >= 0.6 is 11.3 Å². The normalized spacial score (nSPS) is 9.33. The fourth-order valence-corrected chi connectivity index (χ4v) is 1.34. The number of thiophene rings is 1. The van der Waals surface area contributed by atoms with Crippen molar-refractivity contribution in [2.24, 2.45) is 5.73 Å². The Morgan fingerprint density at radius 3 is 2.67 bits per heavy atom. The summed E-state index contributed by atoms with van der Waals surface area (Å²) in [6.45, 7) is 0. The molecule has 0 aliphatic rings. The van der Waals surface area contributed by atoms with Gasteiger partial charge in [0.05, 0.1) is 0 Å². The Morgan fingerprint density at radius 2 is 2.44 bits per heavy atom. The average Bonchev–Trinajstić information content (AvgIpc) is 2.13. The van der Waals surface area contributed by atoms with Gasteiger partial charge in [0.25, 0.3) is 0 Å². The van der Waals surface area contributed by atoms with Crippen LogP contribution in [0.1, 0.15) is 10.4 Å². The first-order valence-corrected chi connectivity index (χ1v) is 3.43. The molecule has 2 nitrogen and oxygen atoms in total. The molecule has 2 N–H and O–H groups in total. The molecular formula is C5H6BNOS. The summed E-state index contributed by atoms with van der Waals surface area (Å²) in [7, 11) is 1.88. The fraction of sp³-hybridized carbons (Fsp3) is 0. The van der Waals surface area contributed by atoms with Gasteiger partial charge >= 0.3 is 0 Å². The number of hydrogen-bond acceptors (Lipinski definition) is 2. The van der Waals surface area contributed by atoms with Crippen LogP contribution in [0.15, 0.2) is 11.4 Å². The van der Waals surface area contributed by atoms with Crippen molar-refractivity contribution in [3.05, 3.63) is 17.0 Å². The highest BCUT2D eigenvalue weighted by molar-refractivity contribution is 7.18. The maximum absolute atomic E-state index is 10.5. The standard InChI is InChI=1S/C5H6BNOS/c6-4-3(5(7)8)1-2-9-4/h1-2H,6H2,(H2,7,8). The van der Waals surface area contributed by atoms with Crippen molar-refractivity contribution in [1.29, 1.82) is 0 Å². The fourth-order valence-electron chi connectivity index (χ4n) is 0.641. The third-order valence-electron chi connectivity index (χ3n) is 1.12. The van der Waals surface area contributed by atoms with E-state index in [2.05, 4.69) is 0 Å². The highest BCUT2D eigenvalue weighted by Crippen LogP contribution is 1.99. The second-order valence-electron chi connectivity index (χ2n) is 1.75. The Morgan fingerprint density at radius 1 is 1.78 bits per heavy atom. The highest BCUT2D eigenvalue weighted by atomic mass is 32.1. The molecule has 1 amide bonds. The van der Waals surface area contributed by atoms with Crippen molar-refractivity contribution in [3.63, 3.8) is 0 Å². The van der Waals surface area contributed by atoms with E-state index in [0.717, 1.165) is 4.78 Å². The van der Waals surface area contributed by atoms with Crippen LogP contribution in [0.2, 0.25) is 0 Å². The number of rotatable bonds is 1. The summed E-state index contributed by atoms with van der Waals surface area (Å²) >= 11 is 1.53. The predicted octanol–water partition coefficient (Wildman–Crippen LogP) is -0.895. The molecule has 0 radical (unpaired) electrons. The van der Waals surface area contributed by atoms with Gasteiger partial charge in [0, 0.05) is 5.56 Å². The van der Waals surface area contributed by atoms with E-state index in [0.29, 0.717) is 5.56 Å². The van der Waals surface area contributed by atoms with Crippen LogP contribution < -0.4 is 10.5 Å². The van der Waals surface area contributed by atoms with E-state index in [1.165, 1.54) is 11.3 Å². The van der Waals surface area contributed by atoms with Crippen LogP contribution in [0.4, 0.5) is 0 Å². The maximum atomic E-state index is 10.5. The van der Waals surface area contributed by atoms with Crippen LogP contribution in [0.3, 0.4) is 0 Å². The molecule has 0 bridgehead atoms. The van der Waals surface area contributed by atoms with Crippen molar-refractivity contribution in [2.75, 3.05) is 0 Å². The predicted molar refractivity (Wildman–Crippen MR) is 41.0 cm³/mol. The van der Waals surface area contributed by atoms with Gasteiger partial charge in [-0.25, -0.2) is 0 Å². The van der Waals surface area contributed by atoms with Gasteiger partial charge in [-0.15, -0.1) is 0 Å². The largest absolute Gasteiger partial charge is 0.366 e. The molecule has 1 aromatic rings. The van der Waals surface area contributed by atoms with Gasteiger partial charge in [0.1, 0.15) is 0 Å². The highest BCUT2D eigenvalue weighted by Gasteiger charge is 2.02. The second kappa shape index (κ2) is 2.23. The van der Waals surface area contributed by atoms with Gasteiger partial charge in [-0.05, 0) is 16.2 Å². The number of hydrogen-bond donors (Lipinski definition) is 1. The van der Waals surface area contributed by atoms with Gasteiger partial charge in [-0.2, -0.15) is 11.3 Å². The molecule has 1 heterocycles. The Kier molecular flexibility index (Phi) is 1.57. The maximum Gasteiger partial charge on any atom is 0.248 e. The Bertz CT molecular complexity index is 233. The first-order chi connectivity index (χ1) is 4.22. The molecule has 0 aliphatic carbocycles. The van der Waals surface area contributed by atoms with E-state index in [4.69, 9.17) is 5.73 Å². The Labute approximate surface area is 58.1 Å². The van der Waals surface area contributed by atoms with E-state index in [1.807, 2.05) is 13.2 Å². The second-order valence-corrected chi connectivity index (χ2v) is 2.87. The van der Waals surface area contributed by atoms with Crippen LogP contribution in [-0.4, -0.2) is 13.8 Å². The minimum absolute atomic E-state index is 0.339. The van der Waals surface area contributed by atoms with E-state index in [1.54, 1.807) is 6.07 Å². The third kappa shape index (κ3) is 1.13. The Balaban J connectivity index is 3.08. The number of nitrogens with two attached hydrogens (primary N) is 1. The number of carbonyl (C=O) groups excluding carboxylic acids is 1. The molecule has 1 rings (SSSR count). The van der Waals surface area contributed by atoms with Crippen LogP contribution in [-0.2, 0) is 0 Å². The summed E-state index contributed by atoms with van der Waals surface area (Å²) in [4.78, 5) is 10.5. The summed E-state index contributed by atoms with van der Waals surface area (Å²) in [6.07, 6.45) is 0. The van der Waals surface area contributed by atoms with E-state index in [-0.39, 0.29) is 5.91 Å². The van der Waals surface area contributed by atoms with E-state index >= 15 is 0 Å². The average molecular weight is 139 g/mol. The van der Waals surface area contributed by atoms with Crippen molar-refractivity contribution >= 4 is 29.9 Å². The zero-order valence-corrected chi connectivity index (χ0v) is 5.87. The van der Waals surface area contributed by atoms with Crippen molar-refractivity contribution in [3.8, 4) is 0 Å². The molecule has 0 aliphatic heterocycles. The SMILES string of the molecule is Bc1sccc1C(N)=O.